The zero-order chi connectivity index (χ0) is 37.9. The third kappa shape index (κ3) is 7.12. The number of anilines is 1. The Balaban J connectivity index is 1.72. The number of carbonyl (C=O) groups excluding carboxylic acids is 5. The van der Waals surface area contributed by atoms with Crippen LogP contribution in [-0.4, -0.2) is 70.4 Å². The molecule has 12 nitrogen and oxygen atoms in total. The van der Waals surface area contributed by atoms with Gasteiger partial charge in [-0.1, -0.05) is 90.4 Å². The van der Waals surface area contributed by atoms with Gasteiger partial charge in [-0.2, -0.15) is 0 Å². The van der Waals surface area contributed by atoms with Gasteiger partial charge in [0.2, 0.25) is 5.78 Å². The Hall–Kier alpha value is -4.68. The number of methoxy groups -OCH3 is 1. The summed E-state index contributed by atoms with van der Waals surface area (Å²) in [6, 6.07) is 15.4. The smallest absolute Gasteiger partial charge is 0.333 e. The fraction of sp³-hybridized carbons (Fsp3) is 0.447. The van der Waals surface area contributed by atoms with Crippen LogP contribution in [0.2, 0.25) is 0 Å². The summed E-state index contributed by atoms with van der Waals surface area (Å²) in [4.78, 5) is 68.1. The molecule has 0 spiro atoms. The Morgan fingerprint density at radius 3 is 2.14 bits per heavy atom. The summed E-state index contributed by atoms with van der Waals surface area (Å²) < 4.78 is 17.2. The summed E-state index contributed by atoms with van der Waals surface area (Å²) in [6.07, 6.45) is 1.91. The molecule has 2 N–H and O–H groups in total. The van der Waals surface area contributed by atoms with Gasteiger partial charge in [-0.15, -0.1) is 0 Å². The lowest BCUT2D eigenvalue weighted by atomic mass is 9.76. The third-order valence-corrected chi connectivity index (χ3v) is 10.4. The van der Waals surface area contributed by atoms with E-state index in [0.717, 1.165) is 36.0 Å². The molecule has 0 saturated carbocycles. The Kier molecular flexibility index (Phi) is 11.4. The highest BCUT2D eigenvalue weighted by molar-refractivity contribution is 6.51. The van der Waals surface area contributed by atoms with E-state index < -0.39 is 52.2 Å². The molecule has 13 heteroatoms. The molecule has 3 unspecified atom stereocenters. The van der Waals surface area contributed by atoms with Crippen LogP contribution in [0.25, 0.3) is 0 Å². The van der Waals surface area contributed by atoms with E-state index in [0.29, 0.717) is 5.75 Å². The number of Topliss-reactive ketones (excluding diaryl/α,β-unsaturated/α-hetero) is 1. The van der Waals surface area contributed by atoms with Gasteiger partial charge in [-0.05, 0) is 66.0 Å². The van der Waals surface area contributed by atoms with Crippen LogP contribution in [0.1, 0.15) is 89.4 Å². The van der Waals surface area contributed by atoms with Crippen molar-refractivity contribution in [1.82, 2.24) is 15.1 Å². The molecule has 1 fully saturated rings. The maximum absolute atomic E-state index is 14.4. The number of nitrogens with one attached hydrogen (secondary N) is 2. The number of benzene rings is 2. The standard InChI is InChI=1S/C38H47ClN4O8/c1-10-27(51-28-21-20-24(35(4,5)11-2)23-26(28)36(6,7)12-3)31(45)41-38(49-9)33(47)43(34(48)42(38)8)37(39,30(44)29-19-16-22-50-29)32(46)40-25-17-14-13-15-18-25/h13-23,27H,10-12H2,1-9H3,(H,40,46)(H,41,45). The van der Waals surface area contributed by atoms with Crippen LogP contribution < -0.4 is 15.4 Å². The van der Waals surface area contributed by atoms with E-state index in [1.165, 1.54) is 37.6 Å². The largest absolute Gasteiger partial charge is 0.480 e. The minimum atomic E-state index is -3.00. The lowest BCUT2D eigenvalue weighted by Crippen LogP contribution is -2.66. The number of furan rings is 1. The molecule has 3 aromatic rings. The first-order valence-electron chi connectivity index (χ1n) is 16.9. The number of urea groups is 1. The molecule has 0 bridgehead atoms. The minimum Gasteiger partial charge on any atom is -0.480 e. The summed E-state index contributed by atoms with van der Waals surface area (Å²) in [5, 5.41) is 5.02. The molecule has 51 heavy (non-hydrogen) atoms. The molecule has 1 aliphatic heterocycles. The fourth-order valence-corrected chi connectivity index (χ4v) is 5.95. The third-order valence-electron chi connectivity index (χ3n) is 9.91. The van der Waals surface area contributed by atoms with Crippen molar-refractivity contribution in [1.29, 1.82) is 0 Å². The second-order valence-electron chi connectivity index (χ2n) is 13.8. The molecular formula is C38H47ClN4O8. The zero-order valence-electron chi connectivity index (χ0n) is 30.6. The van der Waals surface area contributed by atoms with Gasteiger partial charge < -0.3 is 19.2 Å². The molecule has 0 aliphatic carbocycles. The Labute approximate surface area is 303 Å². The van der Waals surface area contributed by atoms with Crippen molar-refractivity contribution >= 4 is 46.8 Å². The van der Waals surface area contributed by atoms with Crippen LogP contribution in [0.15, 0.2) is 71.3 Å². The van der Waals surface area contributed by atoms with Crippen LogP contribution in [-0.2, 0) is 30.0 Å². The molecule has 3 atom stereocenters. The van der Waals surface area contributed by atoms with Gasteiger partial charge in [-0.3, -0.25) is 29.4 Å². The molecule has 1 aromatic heterocycles. The van der Waals surface area contributed by atoms with E-state index in [1.807, 2.05) is 12.1 Å². The summed E-state index contributed by atoms with van der Waals surface area (Å²) in [7, 11) is 2.27. The van der Waals surface area contributed by atoms with Crippen LogP contribution in [0.5, 0.6) is 5.75 Å². The number of rotatable bonds is 15. The predicted octanol–water partition coefficient (Wildman–Crippen LogP) is 6.58. The SMILES string of the molecule is CCC(Oc1ccc(C(C)(C)CC)cc1C(C)(C)CC)C(=O)NC1(OC)C(=O)N(C(Cl)(C(=O)Nc2ccccc2)C(=O)c2ccco2)C(=O)N1C. The van der Waals surface area contributed by atoms with Crippen molar-refractivity contribution < 1.29 is 37.9 Å². The molecule has 2 aromatic carbocycles. The van der Waals surface area contributed by atoms with Gasteiger partial charge in [0.15, 0.2) is 11.9 Å². The van der Waals surface area contributed by atoms with E-state index in [2.05, 4.69) is 58.2 Å². The van der Waals surface area contributed by atoms with Gasteiger partial charge in [0.05, 0.1) is 6.26 Å². The van der Waals surface area contributed by atoms with Gasteiger partial charge in [0, 0.05) is 25.4 Å². The van der Waals surface area contributed by atoms with Crippen molar-refractivity contribution in [2.24, 2.45) is 0 Å². The molecule has 0 radical (unpaired) electrons. The number of halogens is 1. The number of hydrogen-bond donors (Lipinski definition) is 2. The average Bonchev–Trinajstić information content (AvgIpc) is 3.72. The summed E-state index contributed by atoms with van der Waals surface area (Å²) in [6.45, 7) is 14.5. The predicted molar refractivity (Wildman–Crippen MR) is 192 cm³/mol. The van der Waals surface area contributed by atoms with Gasteiger partial charge in [-0.25, -0.2) is 9.69 Å². The van der Waals surface area contributed by atoms with Crippen LogP contribution in [0, 0.1) is 0 Å². The lowest BCUT2D eigenvalue weighted by molar-refractivity contribution is -0.172. The van der Waals surface area contributed by atoms with Gasteiger partial charge in [0.25, 0.3) is 16.8 Å². The number of alkyl halides is 1. The first-order chi connectivity index (χ1) is 23.9. The quantitative estimate of drug-likeness (QED) is 0.0447. The summed E-state index contributed by atoms with van der Waals surface area (Å²) >= 11 is 6.83. The first-order valence-corrected chi connectivity index (χ1v) is 17.3. The normalized spacial score (nSPS) is 18.3. The Morgan fingerprint density at radius 2 is 1.59 bits per heavy atom. The molecular weight excluding hydrogens is 676 g/mol. The molecule has 1 aliphatic rings. The molecule has 4 rings (SSSR count). The Morgan fingerprint density at radius 1 is 0.941 bits per heavy atom. The number of hydrogen-bond acceptors (Lipinski definition) is 8. The molecule has 1 saturated heterocycles. The number of carbonyl (C=O) groups is 5. The van der Waals surface area contributed by atoms with Crippen molar-refractivity contribution in [3.8, 4) is 5.75 Å². The van der Waals surface area contributed by atoms with E-state index in [4.69, 9.17) is 25.5 Å². The van der Waals surface area contributed by atoms with Crippen LogP contribution in [0.3, 0.4) is 0 Å². The van der Waals surface area contributed by atoms with Gasteiger partial charge in [0.1, 0.15) is 5.75 Å². The number of imide groups is 1. The summed E-state index contributed by atoms with van der Waals surface area (Å²) in [5.41, 5.74) is 1.88. The number of ether oxygens (including phenoxy) is 2. The number of amides is 5. The van der Waals surface area contributed by atoms with Crippen molar-refractivity contribution in [3.05, 3.63) is 83.8 Å². The van der Waals surface area contributed by atoms with E-state index in [1.54, 1.807) is 25.1 Å². The topological polar surface area (TPSA) is 147 Å². The Bertz CT molecular complexity index is 1780. The van der Waals surface area contributed by atoms with Crippen molar-refractivity contribution in [3.63, 3.8) is 0 Å². The minimum absolute atomic E-state index is 0.0940. The number of para-hydroxylation sites is 1. The van der Waals surface area contributed by atoms with E-state index in [9.17, 15) is 24.0 Å². The fourth-order valence-electron chi connectivity index (χ4n) is 5.66. The van der Waals surface area contributed by atoms with E-state index in [-0.39, 0.29) is 27.8 Å². The molecule has 274 valence electrons. The average molecular weight is 723 g/mol. The van der Waals surface area contributed by atoms with Gasteiger partial charge >= 0.3 is 17.8 Å². The van der Waals surface area contributed by atoms with Crippen molar-refractivity contribution in [2.45, 2.75) is 95.5 Å². The first kappa shape index (κ1) is 39.1. The zero-order valence-corrected chi connectivity index (χ0v) is 31.3. The maximum atomic E-state index is 14.4. The highest BCUT2D eigenvalue weighted by Crippen LogP contribution is 2.40. The number of nitrogens with zero attached hydrogens (tertiary/aromatic N) is 2. The van der Waals surface area contributed by atoms with Crippen LogP contribution >= 0.6 is 11.6 Å². The number of likely N-dealkylation sites (N-methyl/N-ethyl adjacent to an activating group) is 1. The second-order valence-corrected chi connectivity index (χ2v) is 14.3. The summed E-state index contributed by atoms with van der Waals surface area (Å²) in [5.74, 6) is -6.92. The lowest BCUT2D eigenvalue weighted by Gasteiger charge is -2.34. The molecule has 2 heterocycles. The highest BCUT2D eigenvalue weighted by atomic mass is 35.5. The van der Waals surface area contributed by atoms with Crippen LogP contribution in [0.4, 0.5) is 10.5 Å². The van der Waals surface area contributed by atoms with E-state index >= 15 is 0 Å². The second kappa shape index (κ2) is 14.9. The maximum Gasteiger partial charge on any atom is 0.333 e. The molecule has 5 amide bonds. The monoisotopic (exact) mass is 722 g/mol. The highest BCUT2D eigenvalue weighted by Gasteiger charge is 2.68. The number of ketones is 1. The van der Waals surface area contributed by atoms with Crippen molar-refractivity contribution in [2.75, 3.05) is 19.5 Å².